The van der Waals surface area contributed by atoms with Crippen molar-refractivity contribution in [1.29, 1.82) is 0 Å². The summed E-state index contributed by atoms with van der Waals surface area (Å²) in [5.41, 5.74) is 0.974. The van der Waals surface area contributed by atoms with Crippen LogP contribution in [-0.2, 0) is 21.1 Å². The maximum absolute atomic E-state index is 12.6. The Balaban J connectivity index is 1.74. The molecule has 2 heterocycles. The summed E-state index contributed by atoms with van der Waals surface area (Å²) in [6.07, 6.45) is 2.26. The predicted octanol–water partition coefficient (Wildman–Crippen LogP) is -0.240. The summed E-state index contributed by atoms with van der Waals surface area (Å²) >= 11 is 0. The summed E-state index contributed by atoms with van der Waals surface area (Å²) in [7, 11) is -3.04. The van der Waals surface area contributed by atoms with Gasteiger partial charge in [0.15, 0.2) is 9.84 Å². The van der Waals surface area contributed by atoms with E-state index < -0.39 is 15.9 Å². The minimum absolute atomic E-state index is 0.00754. The highest BCUT2D eigenvalue weighted by atomic mass is 32.2. The van der Waals surface area contributed by atoms with Crippen LogP contribution in [0.2, 0.25) is 0 Å². The van der Waals surface area contributed by atoms with E-state index >= 15 is 0 Å². The molecule has 1 saturated heterocycles. The largest absolute Gasteiger partial charge is 0.350 e. The van der Waals surface area contributed by atoms with Crippen molar-refractivity contribution in [3.8, 4) is 0 Å². The summed E-state index contributed by atoms with van der Waals surface area (Å²) in [6, 6.07) is 8.58. The average molecular weight is 335 g/mol. The van der Waals surface area contributed by atoms with Gasteiger partial charge >= 0.3 is 0 Å². The van der Waals surface area contributed by atoms with Crippen LogP contribution >= 0.6 is 0 Å². The van der Waals surface area contributed by atoms with Crippen LogP contribution in [0.3, 0.4) is 0 Å². The van der Waals surface area contributed by atoms with Gasteiger partial charge in [0.25, 0.3) is 0 Å². The van der Waals surface area contributed by atoms with Gasteiger partial charge in [-0.15, -0.1) is 5.10 Å². The predicted molar refractivity (Wildman–Crippen MR) is 82.2 cm³/mol. The standard InChI is InChI=1S/C14H17N5O3S/c20-14(16-12-6-7-23(21,22)9-12)13(19-10-15-17-18-19)8-11-4-2-1-3-5-11/h1-5,10,12-13H,6-9H2,(H,16,20)/t12-,13+/m1/s1. The SMILES string of the molecule is O=C(N[C@@H]1CCS(=O)(=O)C1)[C@H](Cc1ccccc1)n1cnnn1. The van der Waals surface area contributed by atoms with Gasteiger partial charge in [-0.05, 0) is 22.4 Å². The van der Waals surface area contributed by atoms with Crippen molar-refractivity contribution in [2.75, 3.05) is 11.5 Å². The first-order valence-electron chi connectivity index (χ1n) is 7.31. The average Bonchev–Trinajstić information content (AvgIpc) is 3.15. The van der Waals surface area contributed by atoms with Gasteiger partial charge in [-0.25, -0.2) is 13.1 Å². The first kappa shape index (κ1) is 15.6. The molecule has 8 nitrogen and oxygen atoms in total. The van der Waals surface area contributed by atoms with Crippen LogP contribution in [0.15, 0.2) is 36.7 Å². The Morgan fingerprint density at radius 3 is 2.74 bits per heavy atom. The lowest BCUT2D eigenvalue weighted by Crippen LogP contribution is -2.41. The van der Waals surface area contributed by atoms with E-state index in [-0.39, 0.29) is 23.5 Å². The van der Waals surface area contributed by atoms with Crippen molar-refractivity contribution >= 4 is 15.7 Å². The minimum Gasteiger partial charge on any atom is -0.350 e. The molecule has 0 spiro atoms. The monoisotopic (exact) mass is 335 g/mol. The lowest BCUT2D eigenvalue weighted by Gasteiger charge is -2.19. The fourth-order valence-corrected chi connectivity index (χ4v) is 4.33. The van der Waals surface area contributed by atoms with E-state index in [1.807, 2.05) is 30.3 Å². The third-order valence-electron chi connectivity index (χ3n) is 3.84. The molecular formula is C14H17N5O3S. The molecular weight excluding hydrogens is 318 g/mol. The quantitative estimate of drug-likeness (QED) is 0.808. The molecule has 0 radical (unpaired) electrons. The van der Waals surface area contributed by atoms with Crippen LogP contribution in [0.4, 0.5) is 0 Å². The van der Waals surface area contributed by atoms with E-state index in [4.69, 9.17) is 0 Å². The first-order valence-corrected chi connectivity index (χ1v) is 9.13. The van der Waals surface area contributed by atoms with Crippen molar-refractivity contribution in [1.82, 2.24) is 25.5 Å². The van der Waals surface area contributed by atoms with Crippen LogP contribution in [0.5, 0.6) is 0 Å². The Kier molecular flexibility index (Phi) is 4.37. The van der Waals surface area contributed by atoms with Crippen molar-refractivity contribution in [2.24, 2.45) is 0 Å². The minimum atomic E-state index is -3.04. The summed E-state index contributed by atoms with van der Waals surface area (Å²) in [5, 5.41) is 13.8. The molecule has 23 heavy (non-hydrogen) atoms. The summed E-state index contributed by atoms with van der Waals surface area (Å²) in [5.74, 6) is -0.165. The van der Waals surface area contributed by atoms with Crippen molar-refractivity contribution in [2.45, 2.75) is 24.9 Å². The summed E-state index contributed by atoms with van der Waals surface area (Å²) < 4.78 is 24.4. The second-order valence-electron chi connectivity index (χ2n) is 5.60. The van der Waals surface area contributed by atoms with E-state index in [0.717, 1.165) is 5.56 Å². The van der Waals surface area contributed by atoms with E-state index in [1.165, 1.54) is 11.0 Å². The number of nitrogens with zero attached hydrogens (tertiary/aromatic N) is 4. The van der Waals surface area contributed by atoms with Crippen LogP contribution in [0, 0.1) is 0 Å². The van der Waals surface area contributed by atoms with Crippen molar-refractivity contribution < 1.29 is 13.2 Å². The maximum atomic E-state index is 12.6. The van der Waals surface area contributed by atoms with E-state index in [9.17, 15) is 13.2 Å². The third-order valence-corrected chi connectivity index (χ3v) is 5.61. The Morgan fingerprint density at radius 1 is 1.35 bits per heavy atom. The van der Waals surface area contributed by atoms with Crippen molar-refractivity contribution in [3.63, 3.8) is 0 Å². The normalized spacial score (nSPS) is 21.0. The molecule has 1 aliphatic rings. The molecule has 1 amide bonds. The van der Waals surface area contributed by atoms with Crippen LogP contribution in [0.25, 0.3) is 0 Å². The number of amides is 1. The molecule has 1 fully saturated rings. The molecule has 9 heteroatoms. The molecule has 2 atom stereocenters. The molecule has 1 aromatic carbocycles. The molecule has 1 N–H and O–H groups in total. The van der Waals surface area contributed by atoms with Crippen molar-refractivity contribution in [3.05, 3.63) is 42.2 Å². The molecule has 2 aromatic rings. The molecule has 1 aromatic heterocycles. The zero-order valence-corrected chi connectivity index (χ0v) is 13.2. The number of carbonyl (C=O) groups is 1. The molecule has 0 aliphatic carbocycles. The number of tetrazole rings is 1. The molecule has 3 rings (SSSR count). The Labute approximate surface area is 133 Å². The number of nitrogens with one attached hydrogen (secondary N) is 1. The number of carbonyl (C=O) groups excluding carboxylic acids is 1. The molecule has 122 valence electrons. The fraction of sp³-hybridized carbons (Fsp3) is 0.429. The topological polar surface area (TPSA) is 107 Å². The molecule has 0 saturated carbocycles. The lowest BCUT2D eigenvalue weighted by molar-refractivity contribution is -0.125. The number of hydrogen-bond acceptors (Lipinski definition) is 6. The van der Waals surface area contributed by atoms with Gasteiger partial charge in [-0.2, -0.15) is 0 Å². The fourth-order valence-electron chi connectivity index (χ4n) is 2.66. The summed E-state index contributed by atoms with van der Waals surface area (Å²) in [6.45, 7) is 0. The highest BCUT2D eigenvalue weighted by molar-refractivity contribution is 7.91. The zero-order valence-electron chi connectivity index (χ0n) is 12.4. The number of aromatic nitrogens is 4. The maximum Gasteiger partial charge on any atom is 0.245 e. The molecule has 0 unspecified atom stereocenters. The molecule has 1 aliphatic heterocycles. The number of sulfone groups is 1. The van der Waals surface area contributed by atoms with Crippen LogP contribution in [0.1, 0.15) is 18.0 Å². The smallest absolute Gasteiger partial charge is 0.245 e. The first-order chi connectivity index (χ1) is 11.0. The van der Waals surface area contributed by atoms with Crippen LogP contribution in [-0.4, -0.2) is 52.1 Å². The van der Waals surface area contributed by atoms with Gasteiger partial charge in [0.2, 0.25) is 5.91 Å². The van der Waals surface area contributed by atoms with Gasteiger partial charge in [0.1, 0.15) is 12.4 Å². The Morgan fingerprint density at radius 2 is 2.13 bits per heavy atom. The number of rotatable bonds is 5. The zero-order chi connectivity index (χ0) is 16.3. The van der Waals surface area contributed by atoms with E-state index in [0.29, 0.717) is 12.8 Å². The Hall–Kier alpha value is -2.29. The highest BCUT2D eigenvalue weighted by Gasteiger charge is 2.31. The van der Waals surface area contributed by atoms with E-state index in [2.05, 4.69) is 20.8 Å². The molecule has 0 bridgehead atoms. The van der Waals surface area contributed by atoms with E-state index in [1.54, 1.807) is 0 Å². The highest BCUT2D eigenvalue weighted by Crippen LogP contribution is 2.16. The second-order valence-corrected chi connectivity index (χ2v) is 7.83. The van der Waals surface area contributed by atoms with Crippen LogP contribution < -0.4 is 5.32 Å². The van der Waals surface area contributed by atoms with Gasteiger partial charge in [0, 0.05) is 12.5 Å². The lowest BCUT2D eigenvalue weighted by atomic mass is 10.1. The van der Waals surface area contributed by atoms with Gasteiger partial charge in [-0.3, -0.25) is 4.79 Å². The third kappa shape index (κ3) is 3.92. The Bertz CT molecular complexity index is 761. The summed E-state index contributed by atoms with van der Waals surface area (Å²) in [4.78, 5) is 12.6. The van der Waals surface area contributed by atoms with Gasteiger partial charge < -0.3 is 5.32 Å². The van der Waals surface area contributed by atoms with Gasteiger partial charge in [-0.1, -0.05) is 30.3 Å². The van der Waals surface area contributed by atoms with Gasteiger partial charge in [0.05, 0.1) is 11.5 Å². The number of hydrogen-bond donors (Lipinski definition) is 1. The second kappa shape index (κ2) is 6.45. The number of benzene rings is 1.